The summed E-state index contributed by atoms with van der Waals surface area (Å²) in [7, 11) is 0. The van der Waals surface area contributed by atoms with Gasteiger partial charge in [0.25, 0.3) is 11.7 Å². The zero-order valence-electron chi connectivity index (χ0n) is 16.9. The molecule has 3 heterocycles. The maximum absolute atomic E-state index is 13.4. The van der Waals surface area contributed by atoms with E-state index in [-0.39, 0.29) is 11.4 Å². The number of pyridine rings is 2. The Hall–Kier alpha value is -3.99. The molecule has 0 aliphatic heterocycles. The molecule has 1 aliphatic rings. The first kappa shape index (κ1) is 17.8. The first-order valence-electron chi connectivity index (χ1n) is 10.6. The lowest BCUT2D eigenvalue weighted by Gasteiger charge is -2.16. The number of H-pyrrole nitrogens is 2. The van der Waals surface area contributed by atoms with E-state index in [2.05, 4.69) is 45.6 Å². The van der Waals surface area contributed by atoms with Crippen molar-refractivity contribution in [3.05, 3.63) is 103 Å². The molecule has 5 heteroatoms. The fourth-order valence-corrected chi connectivity index (χ4v) is 4.45. The van der Waals surface area contributed by atoms with Crippen molar-refractivity contribution in [3.8, 4) is 11.4 Å². The number of fused-ring (bicyclic) bond motifs is 2. The lowest BCUT2D eigenvalue weighted by atomic mass is 10.0. The minimum atomic E-state index is -0.261. The van der Waals surface area contributed by atoms with Crippen molar-refractivity contribution >= 4 is 22.3 Å². The summed E-state index contributed by atoms with van der Waals surface area (Å²) in [5.74, 6) is 0.791. The molecule has 0 bridgehead atoms. The van der Waals surface area contributed by atoms with Crippen molar-refractivity contribution < 1.29 is 14.2 Å². The second kappa shape index (κ2) is 6.77. The van der Waals surface area contributed by atoms with Gasteiger partial charge in [-0.2, -0.15) is 4.40 Å². The number of hydrogen-bond acceptors (Lipinski definition) is 1. The molecule has 150 valence electrons. The fourth-order valence-electron chi connectivity index (χ4n) is 4.45. The molecule has 1 aliphatic carbocycles. The number of imidazole rings is 1. The highest BCUT2D eigenvalue weighted by molar-refractivity contribution is 6.00. The number of rotatable bonds is 4. The van der Waals surface area contributed by atoms with Gasteiger partial charge in [-0.1, -0.05) is 42.5 Å². The summed E-state index contributed by atoms with van der Waals surface area (Å²) in [6, 6.07) is 26.4. The molecule has 6 rings (SSSR count). The Morgan fingerprint density at radius 2 is 1.74 bits per heavy atom. The van der Waals surface area contributed by atoms with Crippen LogP contribution in [0.2, 0.25) is 0 Å². The van der Waals surface area contributed by atoms with E-state index in [1.54, 1.807) is 0 Å². The summed E-state index contributed by atoms with van der Waals surface area (Å²) in [4.78, 5) is 20.2. The molecule has 1 saturated carbocycles. The molecule has 0 radical (unpaired) electrons. The Bertz CT molecular complexity index is 1430. The van der Waals surface area contributed by atoms with E-state index in [1.807, 2.05) is 65.3 Å². The minimum absolute atomic E-state index is 0.0829. The predicted octanol–water partition coefficient (Wildman–Crippen LogP) is 3.81. The molecule has 0 spiro atoms. The highest BCUT2D eigenvalue weighted by Gasteiger charge is 2.46. The number of nitrogens with one attached hydrogen (secondary N) is 3. The Balaban J connectivity index is 1.46. The quantitative estimate of drug-likeness (QED) is 0.438. The van der Waals surface area contributed by atoms with E-state index in [0.717, 1.165) is 46.2 Å². The second-order valence-electron chi connectivity index (χ2n) is 8.15. The molecule has 5 aromatic rings. The smallest absolute Gasteiger partial charge is 0.299 e. The molecule has 31 heavy (non-hydrogen) atoms. The standard InChI is InChI=1S/C26H20N4O/c31-25(29-26(14-15-26)19-10-2-1-3-11-19)23-21-13-4-5-17-30(21)24(28-23)20-12-6-8-18-9-7-16-27-22(18)20/h1-13,16-17H,14-15H2,(H,29,31)/p+2. The number of nitrogens with zero attached hydrogens (tertiary/aromatic N) is 1. The first-order valence-corrected chi connectivity index (χ1v) is 10.6. The maximum Gasteiger partial charge on any atom is 0.299 e. The SMILES string of the molecule is O=C(NC1(c2ccccc2)CC1)c1[nH]c(-c2cccc3ccc[nH+]c23)[n+]2ccccc12. The van der Waals surface area contributed by atoms with Crippen molar-refractivity contribution in [2.75, 3.05) is 0 Å². The average Bonchev–Trinajstić information content (AvgIpc) is 3.51. The molecule has 1 amide bonds. The van der Waals surface area contributed by atoms with Gasteiger partial charge < -0.3 is 5.32 Å². The molecule has 2 aromatic carbocycles. The normalized spacial score (nSPS) is 14.6. The summed E-state index contributed by atoms with van der Waals surface area (Å²) in [5, 5.41) is 4.42. The lowest BCUT2D eigenvalue weighted by Crippen LogP contribution is -2.35. The van der Waals surface area contributed by atoms with Crippen LogP contribution in [0.1, 0.15) is 28.9 Å². The lowest BCUT2D eigenvalue weighted by molar-refractivity contribution is -0.498. The molecule has 0 atom stereocenters. The molecular formula is C26H22N4O+2. The average molecular weight is 406 g/mol. The summed E-state index contributed by atoms with van der Waals surface area (Å²) < 4.78 is 2.05. The van der Waals surface area contributed by atoms with Gasteiger partial charge in [0.2, 0.25) is 11.2 Å². The summed E-state index contributed by atoms with van der Waals surface area (Å²) in [6.45, 7) is 0. The third-order valence-electron chi connectivity index (χ3n) is 6.21. The van der Waals surface area contributed by atoms with Gasteiger partial charge in [0, 0.05) is 11.5 Å². The van der Waals surface area contributed by atoms with Crippen molar-refractivity contribution in [3.63, 3.8) is 0 Å². The van der Waals surface area contributed by atoms with E-state index in [0.29, 0.717) is 5.69 Å². The highest BCUT2D eigenvalue weighted by atomic mass is 16.2. The van der Waals surface area contributed by atoms with Crippen molar-refractivity contribution in [1.29, 1.82) is 0 Å². The van der Waals surface area contributed by atoms with Gasteiger partial charge in [-0.15, -0.1) is 0 Å². The van der Waals surface area contributed by atoms with Crippen molar-refractivity contribution in [2.45, 2.75) is 18.4 Å². The van der Waals surface area contributed by atoms with Crippen LogP contribution in [-0.4, -0.2) is 10.9 Å². The number of carbonyl (C=O) groups excluding carboxylic acids is 1. The van der Waals surface area contributed by atoms with Crippen LogP contribution in [0, 0.1) is 0 Å². The molecule has 1 fully saturated rings. The van der Waals surface area contributed by atoms with E-state index in [1.165, 1.54) is 0 Å². The van der Waals surface area contributed by atoms with Crippen LogP contribution in [0.4, 0.5) is 0 Å². The number of amides is 1. The van der Waals surface area contributed by atoms with Gasteiger partial charge in [-0.3, -0.25) is 4.79 Å². The van der Waals surface area contributed by atoms with Gasteiger partial charge in [-0.05, 0) is 48.7 Å². The Kier molecular flexibility index (Phi) is 3.90. The molecule has 5 nitrogen and oxygen atoms in total. The van der Waals surface area contributed by atoms with E-state index < -0.39 is 0 Å². The van der Waals surface area contributed by atoms with Gasteiger partial charge in [0.15, 0.2) is 11.7 Å². The van der Waals surface area contributed by atoms with Crippen LogP contribution < -0.4 is 14.7 Å². The topological polar surface area (TPSA) is 63.1 Å². The number of benzene rings is 2. The summed E-state index contributed by atoms with van der Waals surface area (Å²) >= 11 is 0. The van der Waals surface area contributed by atoms with Crippen molar-refractivity contribution in [1.82, 2.24) is 10.3 Å². The van der Waals surface area contributed by atoms with Gasteiger partial charge in [0.1, 0.15) is 5.56 Å². The Morgan fingerprint density at radius 3 is 2.58 bits per heavy atom. The van der Waals surface area contributed by atoms with Crippen LogP contribution in [0.3, 0.4) is 0 Å². The largest absolute Gasteiger partial charge is 0.339 e. The number of aromatic amines is 2. The Labute approximate surface area is 179 Å². The molecule has 3 N–H and O–H groups in total. The van der Waals surface area contributed by atoms with Crippen molar-refractivity contribution in [2.24, 2.45) is 0 Å². The monoisotopic (exact) mass is 406 g/mol. The van der Waals surface area contributed by atoms with E-state index >= 15 is 0 Å². The van der Waals surface area contributed by atoms with Gasteiger partial charge in [-0.25, -0.2) is 9.97 Å². The van der Waals surface area contributed by atoms with Crippen LogP contribution in [0.5, 0.6) is 0 Å². The fraction of sp³-hybridized carbons (Fsp3) is 0.115. The third-order valence-corrected chi connectivity index (χ3v) is 6.21. The number of aromatic nitrogens is 3. The second-order valence-corrected chi connectivity index (χ2v) is 8.15. The van der Waals surface area contributed by atoms with Crippen LogP contribution in [-0.2, 0) is 5.54 Å². The van der Waals surface area contributed by atoms with Crippen LogP contribution in [0.15, 0.2) is 91.3 Å². The highest BCUT2D eigenvalue weighted by Crippen LogP contribution is 2.45. The van der Waals surface area contributed by atoms with E-state index in [9.17, 15) is 4.79 Å². The molecule has 0 saturated heterocycles. The van der Waals surface area contributed by atoms with Crippen LogP contribution in [0.25, 0.3) is 27.8 Å². The van der Waals surface area contributed by atoms with Gasteiger partial charge >= 0.3 is 0 Å². The summed E-state index contributed by atoms with van der Waals surface area (Å²) in [6.07, 6.45) is 5.83. The number of hydrogen-bond donors (Lipinski definition) is 2. The molecule has 3 aromatic heterocycles. The third kappa shape index (κ3) is 2.89. The molecular weight excluding hydrogens is 384 g/mol. The van der Waals surface area contributed by atoms with E-state index in [4.69, 9.17) is 0 Å². The number of carbonyl (C=O) groups is 1. The maximum atomic E-state index is 13.4. The Morgan fingerprint density at radius 1 is 0.935 bits per heavy atom. The first-order chi connectivity index (χ1) is 15.3. The zero-order valence-corrected chi connectivity index (χ0v) is 16.9. The summed E-state index contributed by atoms with van der Waals surface area (Å²) in [5.41, 5.74) is 4.37. The molecule has 0 unspecified atom stereocenters. The predicted molar refractivity (Wildman–Crippen MR) is 118 cm³/mol. The van der Waals surface area contributed by atoms with Gasteiger partial charge in [0.05, 0.1) is 11.7 Å². The number of para-hydroxylation sites is 1. The van der Waals surface area contributed by atoms with Crippen LogP contribution >= 0.6 is 0 Å². The minimum Gasteiger partial charge on any atom is -0.339 e. The zero-order chi connectivity index (χ0) is 20.8.